The summed E-state index contributed by atoms with van der Waals surface area (Å²) >= 11 is 0. The van der Waals surface area contributed by atoms with E-state index in [1.165, 1.54) is 0 Å². The van der Waals surface area contributed by atoms with Crippen molar-refractivity contribution in [2.75, 3.05) is 12.3 Å². The Morgan fingerprint density at radius 2 is 1.88 bits per heavy atom. The predicted octanol–water partition coefficient (Wildman–Crippen LogP) is 3.34. The summed E-state index contributed by atoms with van der Waals surface area (Å²) in [6.45, 7) is 6.58. The van der Waals surface area contributed by atoms with Gasteiger partial charge in [0.25, 0.3) is 0 Å². The van der Waals surface area contributed by atoms with E-state index in [9.17, 15) is 0 Å². The van der Waals surface area contributed by atoms with Crippen LogP contribution in [0.15, 0.2) is 24.3 Å². The molecular formula is C14H22N2O. The van der Waals surface area contributed by atoms with E-state index in [0.29, 0.717) is 12.3 Å². The van der Waals surface area contributed by atoms with Crippen molar-refractivity contribution in [3.8, 4) is 0 Å². The summed E-state index contributed by atoms with van der Waals surface area (Å²) in [6.07, 6.45) is 1.71. The number of ether oxygens (including phenoxy) is 1. The van der Waals surface area contributed by atoms with Crippen molar-refractivity contribution in [2.45, 2.75) is 39.2 Å². The van der Waals surface area contributed by atoms with Crippen molar-refractivity contribution >= 4 is 11.4 Å². The van der Waals surface area contributed by atoms with Crippen LogP contribution in [0.2, 0.25) is 0 Å². The van der Waals surface area contributed by atoms with E-state index in [0.717, 1.165) is 24.1 Å². The highest BCUT2D eigenvalue weighted by Crippen LogP contribution is 2.29. The van der Waals surface area contributed by atoms with Crippen LogP contribution >= 0.6 is 0 Å². The lowest BCUT2D eigenvalue weighted by Gasteiger charge is -2.31. The Balaban J connectivity index is 3.06. The number of anilines is 1. The average molecular weight is 234 g/mol. The molecule has 94 valence electrons. The van der Waals surface area contributed by atoms with Crippen molar-refractivity contribution in [1.82, 2.24) is 0 Å². The Morgan fingerprint density at radius 1 is 1.29 bits per heavy atom. The van der Waals surface area contributed by atoms with Gasteiger partial charge in [-0.15, -0.1) is 0 Å². The van der Waals surface area contributed by atoms with Crippen molar-refractivity contribution in [2.24, 2.45) is 0 Å². The summed E-state index contributed by atoms with van der Waals surface area (Å²) in [4.78, 5) is 0. The molecule has 3 heteroatoms. The zero-order chi connectivity index (χ0) is 12.9. The molecular weight excluding hydrogens is 212 g/mol. The summed E-state index contributed by atoms with van der Waals surface area (Å²) < 4.78 is 5.80. The number of benzene rings is 1. The Labute approximate surface area is 103 Å². The summed E-state index contributed by atoms with van der Waals surface area (Å²) in [6, 6.07) is 7.59. The summed E-state index contributed by atoms with van der Waals surface area (Å²) in [5, 5.41) is 8.18. The molecule has 3 nitrogen and oxygen atoms in total. The van der Waals surface area contributed by atoms with Gasteiger partial charge >= 0.3 is 0 Å². The standard InChI is InChI=1S/C14H22N2O/c1-4-6-13(16)14(3,17-5-2)11-7-9-12(15)10-8-11/h7-10,16H,4-6,15H2,1-3H3. The van der Waals surface area contributed by atoms with Gasteiger partial charge in [-0.25, -0.2) is 0 Å². The molecule has 0 saturated carbocycles. The van der Waals surface area contributed by atoms with Gasteiger partial charge in [0.05, 0.1) is 0 Å². The van der Waals surface area contributed by atoms with E-state index in [1.807, 2.05) is 38.1 Å². The first-order chi connectivity index (χ1) is 8.04. The molecule has 0 aliphatic carbocycles. The van der Waals surface area contributed by atoms with Crippen LogP contribution in [0.5, 0.6) is 0 Å². The molecule has 1 atom stereocenters. The van der Waals surface area contributed by atoms with Crippen molar-refractivity contribution in [1.29, 1.82) is 5.41 Å². The molecule has 0 saturated heterocycles. The second-order valence-corrected chi connectivity index (χ2v) is 4.32. The fourth-order valence-corrected chi connectivity index (χ4v) is 1.92. The SMILES string of the molecule is CCCC(=N)C(C)(OCC)c1ccc(N)cc1. The second kappa shape index (κ2) is 5.82. The molecule has 1 aromatic carbocycles. The van der Waals surface area contributed by atoms with Crippen LogP contribution in [-0.4, -0.2) is 12.3 Å². The topological polar surface area (TPSA) is 59.1 Å². The summed E-state index contributed by atoms with van der Waals surface area (Å²) in [7, 11) is 0. The van der Waals surface area contributed by atoms with Gasteiger partial charge < -0.3 is 15.9 Å². The van der Waals surface area contributed by atoms with E-state index < -0.39 is 5.60 Å². The Kier molecular flexibility index (Phi) is 4.70. The molecule has 0 spiro atoms. The van der Waals surface area contributed by atoms with Crippen LogP contribution < -0.4 is 5.73 Å². The lowest BCUT2D eigenvalue weighted by Crippen LogP contribution is -2.35. The van der Waals surface area contributed by atoms with Crippen molar-refractivity contribution in [3.63, 3.8) is 0 Å². The zero-order valence-corrected chi connectivity index (χ0v) is 10.9. The molecule has 0 heterocycles. The predicted molar refractivity (Wildman–Crippen MR) is 72.5 cm³/mol. The zero-order valence-electron chi connectivity index (χ0n) is 10.9. The Hall–Kier alpha value is -1.35. The molecule has 0 aliphatic heterocycles. The minimum atomic E-state index is -0.627. The first-order valence-corrected chi connectivity index (χ1v) is 6.12. The van der Waals surface area contributed by atoms with Gasteiger partial charge in [-0.2, -0.15) is 0 Å². The molecule has 1 unspecified atom stereocenters. The van der Waals surface area contributed by atoms with Gasteiger partial charge in [0, 0.05) is 18.0 Å². The molecule has 3 N–H and O–H groups in total. The largest absolute Gasteiger partial charge is 0.399 e. The normalized spacial score (nSPS) is 14.3. The fourth-order valence-electron chi connectivity index (χ4n) is 1.92. The molecule has 0 bridgehead atoms. The van der Waals surface area contributed by atoms with E-state index in [1.54, 1.807) is 0 Å². The van der Waals surface area contributed by atoms with Gasteiger partial charge in [0.2, 0.25) is 0 Å². The third-order valence-corrected chi connectivity index (χ3v) is 2.97. The van der Waals surface area contributed by atoms with Gasteiger partial charge in [-0.1, -0.05) is 25.5 Å². The maximum Gasteiger partial charge on any atom is 0.127 e. The van der Waals surface area contributed by atoms with E-state index >= 15 is 0 Å². The summed E-state index contributed by atoms with van der Waals surface area (Å²) in [5.74, 6) is 0. The first-order valence-electron chi connectivity index (χ1n) is 6.12. The van der Waals surface area contributed by atoms with Crippen LogP contribution in [-0.2, 0) is 10.3 Å². The maximum absolute atomic E-state index is 8.18. The highest BCUT2D eigenvalue weighted by molar-refractivity contribution is 5.90. The molecule has 1 rings (SSSR count). The van der Waals surface area contributed by atoms with E-state index in [-0.39, 0.29) is 0 Å². The van der Waals surface area contributed by atoms with Crippen LogP contribution in [0.3, 0.4) is 0 Å². The van der Waals surface area contributed by atoms with E-state index in [4.69, 9.17) is 15.9 Å². The monoisotopic (exact) mass is 234 g/mol. The number of nitrogens with one attached hydrogen (secondary N) is 1. The van der Waals surface area contributed by atoms with Crippen LogP contribution in [0.4, 0.5) is 5.69 Å². The minimum Gasteiger partial charge on any atom is -0.399 e. The second-order valence-electron chi connectivity index (χ2n) is 4.32. The van der Waals surface area contributed by atoms with Crippen molar-refractivity contribution < 1.29 is 4.74 Å². The molecule has 0 amide bonds. The highest BCUT2D eigenvalue weighted by Gasteiger charge is 2.31. The smallest absolute Gasteiger partial charge is 0.127 e. The highest BCUT2D eigenvalue weighted by atomic mass is 16.5. The van der Waals surface area contributed by atoms with Crippen LogP contribution in [0, 0.1) is 5.41 Å². The third-order valence-electron chi connectivity index (χ3n) is 2.97. The number of hydrogen-bond donors (Lipinski definition) is 2. The van der Waals surface area contributed by atoms with Gasteiger partial charge in [-0.05, 0) is 38.0 Å². The fraction of sp³-hybridized carbons (Fsp3) is 0.500. The van der Waals surface area contributed by atoms with E-state index in [2.05, 4.69) is 6.92 Å². The average Bonchev–Trinajstić information content (AvgIpc) is 2.30. The number of nitrogens with two attached hydrogens (primary N) is 1. The quantitative estimate of drug-likeness (QED) is 0.586. The lowest BCUT2D eigenvalue weighted by atomic mass is 9.88. The lowest BCUT2D eigenvalue weighted by molar-refractivity contribution is 0.0245. The Morgan fingerprint density at radius 3 is 2.35 bits per heavy atom. The summed E-state index contributed by atoms with van der Waals surface area (Å²) in [5.41, 5.74) is 7.40. The molecule has 0 fully saturated rings. The molecule has 0 aliphatic rings. The Bertz CT molecular complexity index is 372. The number of rotatable bonds is 6. The van der Waals surface area contributed by atoms with Gasteiger partial charge in [-0.3, -0.25) is 0 Å². The first kappa shape index (κ1) is 13.7. The molecule has 0 aromatic heterocycles. The van der Waals surface area contributed by atoms with Crippen molar-refractivity contribution in [3.05, 3.63) is 29.8 Å². The van der Waals surface area contributed by atoms with Crippen LogP contribution in [0.1, 0.15) is 39.2 Å². The molecule has 1 aromatic rings. The van der Waals surface area contributed by atoms with Crippen LogP contribution in [0.25, 0.3) is 0 Å². The van der Waals surface area contributed by atoms with Gasteiger partial charge in [0.1, 0.15) is 5.60 Å². The third kappa shape index (κ3) is 3.07. The molecule has 0 radical (unpaired) electrons. The van der Waals surface area contributed by atoms with Gasteiger partial charge in [0.15, 0.2) is 0 Å². The minimum absolute atomic E-state index is 0.590. The number of hydrogen-bond acceptors (Lipinski definition) is 3. The number of nitrogen functional groups attached to an aromatic ring is 1. The molecule has 17 heavy (non-hydrogen) atoms. The maximum atomic E-state index is 8.18.